The van der Waals surface area contributed by atoms with Gasteiger partial charge in [0.2, 0.25) is 0 Å². The zero-order valence-electron chi connectivity index (χ0n) is 14.5. The molecule has 0 radical (unpaired) electrons. The van der Waals surface area contributed by atoms with E-state index in [0.717, 1.165) is 11.8 Å². The van der Waals surface area contributed by atoms with Crippen LogP contribution in [0.3, 0.4) is 0 Å². The van der Waals surface area contributed by atoms with Gasteiger partial charge in [0.1, 0.15) is 0 Å². The summed E-state index contributed by atoms with van der Waals surface area (Å²) in [5.41, 5.74) is 1.09. The van der Waals surface area contributed by atoms with Gasteiger partial charge in [-0.15, -0.1) is 0 Å². The highest BCUT2D eigenvalue weighted by molar-refractivity contribution is 5.09. The van der Waals surface area contributed by atoms with Crippen LogP contribution in [-0.2, 0) is 4.74 Å². The molecule has 0 spiro atoms. The van der Waals surface area contributed by atoms with E-state index in [2.05, 4.69) is 41.5 Å². The molecule has 116 valence electrons. The predicted molar refractivity (Wildman–Crippen MR) is 84.7 cm³/mol. The molecule has 0 aromatic heterocycles. The second kappa shape index (κ2) is 4.48. The van der Waals surface area contributed by atoms with Crippen LogP contribution < -0.4 is 0 Å². The van der Waals surface area contributed by atoms with Crippen LogP contribution in [-0.4, -0.2) is 12.2 Å². The minimum Gasteiger partial charge on any atom is -0.374 e. The van der Waals surface area contributed by atoms with E-state index in [0.29, 0.717) is 28.5 Å². The molecule has 0 aromatic rings. The molecule has 20 heavy (non-hydrogen) atoms. The fourth-order valence-electron chi connectivity index (χ4n) is 5.46. The largest absolute Gasteiger partial charge is 0.374 e. The third-order valence-corrected chi connectivity index (χ3v) is 8.14. The van der Waals surface area contributed by atoms with E-state index in [9.17, 15) is 0 Å². The van der Waals surface area contributed by atoms with Crippen LogP contribution in [0.1, 0.15) is 80.1 Å². The molecular weight excluding hydrogens is 244 g/mol. The van der Waals surface area contributed by atoms with Crippen molar-refractivity contribution < 1.29 is 4.74 Å². The average Bonchev–Trinajstić information content (AvgIpc) is 2.35. The lowest BCUT2D eigenvalue weighted by atomic mass is 9.43. The summed E-state index contributed by atoms with van der Waals surface area (Å²) in [4.78, 5) is 0. The van der Waals surface area contributed by atoms with Gasteiger partial charge in [-0.2, -0.15) is 0 Å². The Morgan fingerprint density at radius 3 is 2.20 bits per heavy atom. The lowest BCUT2D eigenvalue weighted by molar-refractivity contribution is -0.234. The predicted octanol–water partition coefficient (Wildman–Crippen LogP) is 5.43. The summed E-state index contributed by atoms with van der Waals surface area (Å²) in [6.07, 6.45) is 9.30. The minimum atomic E-state index is 0.360. The Kier molecular flexibility index (Phi) is 3.33. The Morgan fingerprint density at radius 1 is 0.850 bits per heavy atom. The Hall–Kier alpha value is -0.0400. The summed E-state index contributed by atoms with van der Waals surface area (Å²) in [5, 5.41) is 0. The Labute approximate surface area is 125 Å². The summed E-state index contributed by atoms with van der Waals surface area (Å²) < 4.78 is 6.66. The summed E-state index contributed by atoms with van der Waals surface area (Å²) >= 11 is 0. The van der Waals surface area contributed by atoms with E-state index in [4.69, 9.17) is 4.74 Å². The van der Waals surface area contributed by atoms with Crippen LogP contribution in [0.25, 0.3) is 0 Å². The van der Waals surface area contributed by atoms with E-state index < -0.39 is 0 Å². The molecule has 3 aliphatic rings. The van der Waals surface area contributed by atoms with E-state index >= 15 is 0 Å². The van der Waals surface area contributed by atoms with Crippen molar-refractivity contribution in [3.8, 4) is 0 Å². The normalized spacial score (nSPS) is 45.3. The van der Waals surface area contributed by atoms with Crippen molar-refractivity contribution in [3.05, 3.63) is 0 Å². The molecule has 4 atom stereocenters. The number of rotatable bonds is 0. The summed E-state index contributed by atoms with van der Waals surface area (Å²) in [7, 11) is 0. The van der Waals surface area contributed by atoms with Crippen molar-refractivity contribution in [1.29, 1.82) is 0 Å². The molecular formula is C19H34O. The Morgan fingerprint density at radius 2 is 1.50 bits per heavy atom. The molecule has 0 amide bonds. The molecule has 3 rings (SSSR count). The Bertz CT molecular complexity index is 379. The first kappa shape index (κ1) is 14.9. The van der Waals surface area contributed by atoms with Crippen molar-refractivity contribution in [2.24, 2.45) is 28.1 Å². The first-order valence-electron chi connectivity index (χ1n) is 8.82. The third kappa shape index (κ3) is 1.91. The van der Waals surface area contributed by atoms with Gasteiger partial charge in [-0.1, -0.05) is 54.4 Å². The molecule has 1 aliphatic heterocycles. The molecule has 1 nitrogen and oxygen atoms in total. The smallest absolute Gasteiger partial charge is 0.0617 e. The SMILES string of the molecule is CC1(C)CC2OC3CCCCC3CC2C(C)(C)C1(C)C. The Balaban J connectivity index is 1.90. The fourth-order valence-corrected chi connectivity index (χ4v) is 5.46. The summed E-state index contributed by atoms with van der Waals surface area (Å²) in [5.74, 6) is 1.60. The molecule has 0 bridgehead atoms. The van der Waals surface area contributed by atoms with Crippen LogP contribution in [0.2, 0.25) is 0 Å². The zero-order valence-corrected chi connectivity index (χ0v) is 14.5. The number of hydrogen-bond acceptors (Lipinski definition) is 1. The van der Waals surface area contributed by atoms with Crippen LogP contribution in [0.5, 0.6) is 0 Å². The third-order valence-electron chi connectivity index (χ3n) is 8.14. The molecule has 1 saturated heterocycles. The lowest BCUT2D eigenvalue weighted by Crippen LogP contribution is -2.61. The molecule has 4 unspecified atom stereocenters. The van der Waals surface area contributed by atoms with Gasteiger partial charge in [-0.25, -0.2) is 0 Å². The van der Waals surface area contributed by atoms with Gasteiger partial charge in [0.15, 0.2) is 0 Å². The van der Waals surface area contributed by atoms with Crippen LogP contribution in [0, 0.1) is 28.1 Å². The molecule has 2 saturated carbocycles. The van der Waals surface area contributed by atoms with Gasteiger partial charge in [-0.3, -0.25) is 0 Å². The first-order valence-corrected chi connectivity index (χ1v) is 8.82. The maximum atomic E-state index is 6.66. The molecule has 1 heterocycles. The van der Waals surface area contributed by atoms with Gasteiger partial charge < -0.3 is 4.74 Å². The second-order valence-corrected chi connectivity index (χ2v) is 9.53. The molecule has 0 aromatic carbocycles. The topological polar surface area (TPSA) is 9.23 Å². The van der Waals surface area contributed by atoms with Gasteiger partial charge in [0, 0.05) is 0 Å². The van der Waals surface area contributed by atoms with Gasteiger partial charge in [-0.05, 0) is 53.8 Å². The summed E-state index contributed by atoms with van der Waals surface area (Å²) in [6.45, 7) is 14.9. The highest BCUT2D eigenvalue weighted by atomic mass is 16.5. The maximum absolute atomic E-state index is 6.66. The average molecular weight is 278 g/mol. The van der Waals surface area contributed by atoms with Crippen LogP contribution >= 0.6 is 0 Å². The number of ether oxygens (including phenoxy) is 1. The van der Waals surface area contributed by atoms with Gasteiger partial charge in [0.05, 0.1) is 12.2 Å². The highest BCUT2D eigenvalue weighted by Gasteiger charge is 2.60. The minimum absolute atomic E-state index is 0.360. The molecule has 0 N–H and O–H groups in total. The highest BCUT2D eigenvalue weighted by Crippen LogP contribution is 2.64. The van der Waals surface area contributed by atoms with Crippen LogP contribution in [0.4, 0.5) is 0 Å². The quantitative estimate of drug-likeness (QED) is 0.574. The standard InChI is InChI=1S/C19H34O/c1-17(2)12-16-14(18(3,4)19(17,5)6)11-13-9-7-8-10-15(13)20-16/h13-16H,7-12H2,1-6H3. The monoisotopic (exact) mass is 278 g/mol. The van der Waals surface area contributed by atoms with Gasteiger partial charge in [0.25, 0.3) is 0 Å². The van der Waals surface area contributed by atoms with Crippen molar-refractivity contribution in [2.45, 2.75) is 92.3 Å². The van der Waals surface area contributed by atoms with Crippen molar-refractivity contribution >= 4 is 0 Å². The zero-order chi connectivity index (χ0) is 14.8. The first-order chi connectivity index (χ1) is 9.17. The number of hydrogen-bond donors (Lipinski definition) is 0. The van der Waals surface area contributed by atoms with E-state index in [-0.39, 0.29) is 0 Å². The van der Waals surface area contributed by atoms with Gasteiger partial charge >= 0.3 is 0 Å². The van der Waals surface area contributed by atoms with Crippen molar-refractivity contribution in [2.75, 3.05) is 0 Å². The second-order valence-electron chi connectivity index (χ2n) is 9.53. The van der Waals surface area contributed by atoms with Crippen LogP contribution in [0.15, 0.2) is 0 Å². The molecule has 1 heteroatoms. The fraction of sp³-hybridized carbons (Fsp3) is 1.00. The van der Waals surface area contributed by atoms with E-state index in [1.165, 1.54) is 38.5 Å². The molecule has 3 fully saturated rings. The molecule has 2 aliphatic carbocycles. The number of fused-ring (bicyclic) bond motifs is 2. The van der Waals surface area contributed by atoms with E-state index in [1.807, 2.05) is 0 Å². The van der Waals surface area contributed by atoms with Crippen molar-refractivity contribution in [1.82, 2.24) is 0 Å². The summed E-state index contributed by atoms with van der Waals surface area (Å²) in [6, 6.07) is 0. The van der Waals surface area contributed by atoms with E-state index in [1.54, 1.807) is 0 Å². The lowest BCUT2D eigenvalue weighted by Gasteiger charge is -2.65. The maximum Gasteiger partial charge on any atom is 0.0617 e. The van der Waals surface area contributed by atoms with Crippen molar-refractivity contribution in [3.63, 3.8) is 0 Å².